The Kier molecular flexibility index (Phi) is 2.95. The highest BCUT2D eigenvalue weighted by Gasteiger charge is 2.25. The standard InChI is InChI=1S/C14H13BrN2O2/c1-17-11-3-2-8(6-9(11)7-12(17)18)13(16)10-4-5-19-14(10)15/h2-6,13H,7,16H2,1H3. The first-order chi connectivity index (χ1) is 9.08. The highest BCUT2D eigenvalue weighted by atomic mass is 79.9. The maximum atomic E-state index is 11.7. The number of halogens is 1. The molecule has 98 valence electrons. The number of hydrogen-bond acceptors (Lipinski definition) is 3. The minimum Gasteiger partial charge on any atom is -0.457 e. The smallest absolute Gasteiger partial charge is 0.231 e. The number of likely N-dealkylation sites (N-methyl/N-ethyl adjacent to an activating group) is 1. The molecule has 1 atom stereocenters. The van der Waals surface area contributed by atoms with Gasteiger partial charge in [0.15, 0.2) is 4.67 Å². The highest BCUT2D eigenvalue weighted by Crippen LogP contribution is 2.33. The Morgan fingerprint density at radius 1 is 1.42 bits per heavy atom. The van der Waals surface area contributed by atoms with Crippen molar-refractivity contribution in [2.45, 2.75) is 12.5 Å². The summed E-state index contributed by atoms with van der Waals surface area (Å²) in [7, 11) is 1.79. The van der Waals surface area contributed by atoms with E-state index in [0.717, 1.165) is 22.4 Å². The van der Waals surface area contributed by atoms with Crippen LogP contribution in [0.4, 0.5) is 5.69 Å². The Morgan fingerprint density at radius 2 is 2.21 bits per heavy atom. The Bertz CT molecular complexity index is 651. The summed E-state index contributed by atoms with van der Waals surface area (Å²) in [4.78, 5) is 13.3. The van der Waals surface area contributed by atoms with E-state index in [1.165, 1.54) is 0 Å². The number of nitrogens with zero attached hydrogens (tertiary/aromatic N) is 1. The third kappa shape index (κ3) is 1.99. The van der Waals surface area contributed by atoms with Crippen molar-refractivity contribution >= 4 is 27.5 Å². The van der Waals surface area contributed by atoms with Gasteiger partial charge in [0.1, 0.15) is 0 Å². The van der Waals surface area contributed by atoms with Crippen molar-refractivity contribution in [3.8, 4) is 0 Å². The molecule has 19 heavy (non-hydrogen) atoms. The van der Waals surface area contributed by atoms with Crippen LogP contribution in [0.2, 0.25) is 0 Å². The Morgan fingerprint density at radius 3 is 2.89 bits per heavy atom. The van der Waals surface area contributed by atoms with Gasteiger partial charge in [-0.05, 0) is 39.2 Å². The molecule has 0 saturated carbocycles. The molecule has 0 fully saturated rings. The number of rotatable bonds is 2. The summed E-state index contributed by atoms with van der Waals surface area (Å²) in [6, 6.07) is 7.49. The number of nitrogens with two attached hydrogens (primary N) is 1. The molecule has 0 aliphatic carbocycles. The van der Waals surface area contributed by atoms with E-state index in [0.29, 0.717) is 11.1 Å². The molecule has 3 rings (SSSR count). The fraction of sp³-hybridized carbons (Fsp3) is 0.214. The van der Waals surface area contributed by atoms with Crippen molar-refractivity contribution in [1.82, 2.24) is 0 Å². The normalized spacial score (nSPS) is 15.7. The first kappa shape index (κ1) is 12.4. The number of carbonyl (C=O) groups is 1. The van der Waals surface area contributed by atoms with Crippen LogP contribution in [0.25, 0.3) is 0 Å². The largest absolute Gasteiger partial charge is 0.457 e. The van der Waals surface area contributed by atoms with E-state index in [4.69, 9.17) is 10.2 Å². The summed E-state index contributed by atoms with van der Waals surface area (Å²) in [5.41, 5.74) is 10.1. The zero-order valence-electron chi connectivity index (χ0n) is 10.4. The highest BCUT2D eigenvalue weighted by molar-refractivity contribution is 9.10. The number of fused-ring (bicyclic) bond motifs is 1. The number of carbonyl (C=O) groups excluding carboxylic acids is 1. The molecular weight excluding hydrogens is 308 g/mol. The van der Waals surface area contributed by atoms with Crippen molar-refractivity contribution in [2.24, 2.45) is 5.73 Å². The van der Waals surface area contributed by atoms with Gasteiger partial charge in [0.25, 0.3) is 0 Å². The number of hydrogen-bond donors (Lipinski definition) is 1. The Hall–Kier alpha value is -1.59. The lowest BCUT2D eigenvalue weighted by Gasteiger charge is -2.14. The van der Waals surface area contributed by atoms with Crippen molar-refractivity contribution in [1.29, 1.82) is 0 Å². The minimum atomic E-state index is -0.264. The van der Waals surface area contributed by atoms with E-state index >= 15 is 0 Å². The van der Waals surface area contributed by atoms with Gasteiger partial charge >= 0.3 is 0 Å². The molecule has 0 bridgehead atoms. The SMILES string of the molecule is CN1C(=O)Cc2cc(C(N)c3ccoc3Br)ccc21. The summed E-state index contributed by atoms with van der Waals surface area (Å²) in [5, 5.41) is 0. The van der Waals surface area contributed by atoms with E-state index in [9.17, 15) is 4.79 Å². The fourth-order valence-corrected chi connectivity index (χ4v) is 2.88. The molecule has 1 aromatic heterocycles. The van der Waals surface area contributed by atoms with Gasteiger partial charge in [-0.15, -0.1) is 0 Å². The maximum absolute atomic E-state index is 11.7. The van der Waals surface area contributed by atoms with Gasteiger partial charge in [-0.2, -0.15) is 0 Å². The van der Waals surface area contributed by atoms with Gasteiger partial charge in [0.05, 0.1) is 18.7 Å². The second-order valence-corrected chi connectivity index (χ2v) is 5.37. The van der Waals surface area contributed by atoms with Gasteiger partial charge in [-0.1, -0.05) is 12.1 Å². The van der Waals surface area contributed by atoms with E-state index in [1.54, 1.807) is 18.2 Å². The summed E-state index contributed by atoms with van der Waals surface area (Å²) in [6.45, 7) is 0. The second kappa shape index (κ2) is 4.51. The molecule has 2 heterocycles. The van der Waals surface area contributed by atoms with Gasteiger partial charge in [0, 0.05) is 18.3 Å². The summed E-state index contributed by atoms with van der Waals surface area (Å²) in [6.07, 6.45) is 2.04. The van der Waals surface area contributed by atoms with Gasteiger partial charge < -0.3 is 15.1 Å². The molecule has 1 unspecified atom stereocenters. The van der Waals surface area contributed by atoms with Gasteiger partial charge in [-0.25, -0.2) is 0 Å². The molecule has 1 aromatic carbocycles. The predicted octanol–water partition coefficient (Wildman–Crippen LogP) is 2.61. The molecule has 0 saturated heterocycles. The number of anilines is 1. The van der Waals surface area contributed by atoms with Crippen LogP contribution in [0.5, 0.6) is 0 Å². The lowest BCUT2D eigenvalue weighted by molar-refractivity contribution is -0.117. The van der Waals surface area contributed by atoms with Gasteiger partial charge in [-0.3, -0.25) is 4.79 Å². The van der Waals surface area contributed by atoms with E-state index in [-0.39, 0.29) is 11.9 Å². The molecule has 0 spiro atoms. The topological polar surface area (TPSA) is 59.5 Å². The van der Waals surface area contributed by atoms with Crippen molar-refractivity contribution in [3.63, 3.8) is 0 Å². The zero-order valence-corrected chi connectivity index (χ0v) is 12.0. The van der Waals surface area contributed by atoms with E-state index < -0.39 is 0 Å². The number of amides is 1. The first-order valence-electron chi connectivity index (χ1n) is 5.96. The van der Waals surface area contributed by atoms with Crippen LogP contribution >= 0.6 is 15.9 Å². The second-order valence-electron chi connectivity index (χ2n) is 4.65. The third-order valence-electron chi connectivity index (χ3n) is 3.52. The molecule has 1 aliphatic heterocycles. The van der Waals surface area contributed by atoms with Crippen molar-refractivity contribution in [2.75, 3.05) is 11.9 Å². The lowest BCUT2D eigenvalue weighted by Crippen LogP contribution is -2.20. The Labute approximate surface area is 119 Å². The van der Waals surface area contributed by atoms with Crippen LogP contribution in [-0.4, -0.2) is 13.0 Å². The molecule has 4 nitrogen and oxygen atoms in total. The third-order valence-corrected chi connectivity index (χ3v) is 4.17. The van der Waals surface area contributed by atoms with E-state index in [1.807, 2.05) is 24.3 Å². The monoisotopic (exact) mass is 320 g/mol. The average molecular weight is 321 g/mol. The van der Waals surface area contributed by atoms with Crippen LogP contribution < -0.4 is 10.6 Å². The predicted molar refractivity (Wildman–Crippen MR) is 76.0 cm³/mol. The molecule has 1 aliphatic rings. The van der Waals surface area contributed by atoms with Crippen molar-refractivity contribution < 1.29 is 9.21 Å². The van der Waals surface area contributed by atoms with Crippen molar-refractivity contribution in [3.05, 3.63) is 51.9 Å². The summed E-state index contributed by atoms with van der Waals surface area (Å²) < 4.78 is 5.86. The zero-order chi connectivity index (χ0) is 13.6. The molecule has 5 heteroatoms. The van der Waals surface area contributed by atoms with Gasteiger partial charge in [0.2, 0.25) is 5.91 Å². The fourth-order valence-electron chi connectivity index (χ4n) is 2.39. The molecular formula is C14H13BrN2O2. The summed E-state index contributed by atoms with van der Waals surface area (Å²) >= 11 is 3.34. The molecule has 2 N–H and O–H groups in total. The quantitative estimate of drug-likeness (QED) is 0.925. The summed E-state index contributed by atoms with van der Waals surface area (Å²) in [5.74, 6) is 0.116. The van der Waals surface area contributed by atoms with Crippen LogP contribution in [0.3, 0.4) is 0 Å². The van der Waals surface area contributed by atoms with Crippen LogP contribution in [0.15, 0.2) is 39.6 Å². The molecule has 2 aromatic rings. The molecule has 1 amide bonds. The Balaban J connectivity index is 1.98. The van der Waals surface area contributed by atoms with Crippen LogP contribution in [0, 0.1) is 0 Å². The van der Waals surface area contributed by atoms with Crippen LogP contribution in [0.1, 0.15) is 22.7 Å². The number of benzene rings is 1. The molecule has 0 radical (unpaired) electrons. The first-order valence-corrected chi connectivity index (χ1v) is 6.75. The average Bonchev–Trinajstić information content (AvgIpc) is 2.93. The maximum Gasteiger partial charge on any atom is 0.231 e. The minimum absolute atomic E-state index is 0.116. The van der Waals surface area contributed by atoms with Crippen LogP contribution in [-0.2, 0) is 11.2 Å². The number of furan rings is 1. The van der Waals surface area contributed by atoms with E-state index in [2.05, 4.69) is 15.9 Å². The lowest BCUT2D eigenvalue weighted by atomic mass is 9.99.